The minimum absolute atomic E-state index is 0.0734. The normalized spacial score (nSPS) is 15.2. The van der Waals surface area contributed by atoms with Crippen molar-refractivity contribution in [2.75, 3.05) is 19.8 Å². The fourth-order valence-corrected chi connectivity index (χ4v) is 10.6. The van der Waals surface area contributed by atoms with Crippen molar-refractivity contribution in [3.05, 3.63) is 132 Å². The van der Waals surface area contributed by atoms with Crippen LogP contribution in [0, 0.1) is 5.92 Å². The largest absolute Gasteiger partial charge is 0.508 e. The molecule has 0 unspecified atom stereocenters. The molecule has 0 radical (unpaired) electrons. The number of phenols is 2. The lowest BCUT2D eigenvalue weighted by molar-refractivity contribution is -0.144. The summed E-state index contributed by atoms with van der Waals surface area (Å²) in [6, 6.07) is 3.57. The molecule has 1 aromatic heterocycles. The Bertz CT molecular complexity index is 3900. The zero-order valence-corrected chi connectivity index (χ0v) is 57.9. The first-order valence-corrected chi connectivity index (χ1v) is 33.2. The number of amides is 11. The number of fused-ring (bicyclic) bond motifs is 1. The van der Waals surface area contributed by atoms with Crippen LogP contribution < -0.4 is 64.2 Å². The average molecular weight is 1480 g/mol. The topological polar surface area (TPSA) is 615 Å². The Balaban J connectivity index is 1.42. The maximum Gasteiger partial charge on any atom is 0.328 e. The van der Waals surface area contributed by atoms with E-state index in [1.165, 1.54) is 54.7 Å². The van der Waals surface area contributed by atoms with Gasteiger partial charge in [-0.15, -0.1) is 0 Å². The van der Waals surface area contributed by atoms with Gasteiger partial charge in [0.25, 0.3) is 0 Å². The molecule has 0 aliphatic heterocycles. The number of hydrogen-bond donors (Lipinski definition) is 23. The fourth-order valence-electron chi connectivity index (χ4n) is 10.6. The van der Waals surface area contributed by atoms with E-state index >= 15 is 0 Å². The molecule has 0 saturated carbocycles. The summed E-state index contributed by atoms with van der Waals surface area (Å²) in [4.78, 5) is 194. The molecule has 0 bridgehead atoms. The third-order valence-electron chi connectivity index (χ3n) is 16.3. The van der Waals surface area contributed by atoms with Gasteiger partial charge in [0.1, 0.15) is 78.0 Å². The summed E-state index contributed by atoms with van der Waals surface area (Å²) < 4.78 is 0. The number of aliphatic hydroxyl groups excluding tert-OH is 5. The average Bonchev–Trinajstić information content (AvgIpc) is 1.60. The van der Waals surface area contributed by atoms with Gasteiger partial charge in [-0.1, -0.05) is 86.6 Å². The number of aromatic hydroxyl groups is 2. The van der Waals surface area contributed by atoms with Gasteiger partial charge in [0, 0.05) is 36.4 Å². The molecule has 1 heterocycles. The van der Waals surface area contributed by atoms with Crippen LogP contribution in [0.15, 0.2) is 109 Å². The van der Waals surface area contributed by atoms with E-state index in [1.807, 2.05) is 10.6 Å². The van der Waals surface area contributed by atoms with Gasteiger partial charge in [-0.3, -0.25) is 62.3 Å². The van der Waals surface area contributed by atoms with Gasteiger partial charge in [0.2, 0.25) is 65.0 Å². The second kappa shape index (κ2) is 41.0. The van der Waals surface area contributed by atoms with E-state index < -0.39 is 213 Å². The summed E-state index contributed by atoms with van der Waals surface area (Å²) in [7, 11) is 0. The lowest BCUT2D eigenvalue weighted by Crippen LogP contribution is -2.63. The first kappa shape index (κ1) is 85.0. The Kier molecular flexibility index (Phi) is 32.9. The quantitative estimate of drug-likeness (QED) is 0.0173. The molecular weight excluding hydrogens is 1390 g/mol. The van der Waals surface area contributed by atoms with Crippen LogP contribution in [-0.4, -0.2) is 243 Å². The highest BCUT2D eigenvalue weighted by molar-refractivity contribution is 6.01. The van der Waals surface area contributed by atoms with Crippen LogP contribution in [0.1, 0.15) is 69.2 Å². The molecule has 4 aromatic carbocycles. The van der Waals surface area contributed by atoms with Gasteiger partial charge in [0.15, 0.2) is 0 Å². The van der Waals surface area contributed by atoms with Crippen LogP contribution in [0.5, 0.6) is 11.5 Å². The highest BCUT2D eigenvalue weighted by atomic mass is 16.4. The number of para-hydroxylation sites is 1. The van der Waals surface area contributed by atoms with Crippen molar-refractivity contribution in [3.8, 4) is 11.5 Å². The summed E-state index contributed by atoms with van der Waals surface area (Å²) in [5, 5.41) is 126. The molecule has 24 N–H and O–H groups in total. The van der Waals surface area contributed by atoms with Crippen LogP contribution in [0.25, 0.3) is 10.9 Å². The molecule has 106 heavy (non-hydrogen) atoms. The molecule has 0 saturated heterocycles. The number of hydrogen-bond acceptors (Lipinski definition) is 22. The van der Waals surface area contributed by atoms with Crippen molar-refractivity contribution in [3.63, 3.8) is 0 Å². The van der Waals surface area contributed by atoms with Gasteiger partial charge in [-0.05, 0) is 85.2 Å². The zero-order valence-electron chi connectivity index (χ0n) is 57.9. The lowest BCUT2D eigenvalue weighted by Gasteiger charge is -2.29. The molecule has 0 fully saturated rings. The summed E-state index contributed by atoms with van der Waals surface area (Å²) in [5.74, 6) is -19.3. The number of nitrogens with two attached hydrogens (primary N) is 1. The monoisotopic (exact) mass is 1480 g/mol. The van der Waals surface area contributed by atoms with Crippen LogP contribution in [0.3, 0.4) is 0 Å². The predicted molar refractivity (Wildman–Crippen MR) is 371 cm³/mol. The Morgan fingerprint density at radius 1 is 0.377 bits per heavy atom. The number of carboxylic acid groups (broad SMARTS) is 3. The summed E-state index contributed by atoms with van der Waals surface area (Å²) in [6.45, 7) is 2.00. The van der Waals surface area contributed by atoms with Crippen molar-refractivity contribution < 1.29 is 118 Å². The van der Waals surface area contributed by atoms with Crippen molar-refractivity contribution in [2.45, 2.75) is 157 Å². The maximum absolute atomic E-state index is 15.0. The fraction of sp³-hybridized carbons (Fsp3) is 0.420. The predicted octanol–water partition coefficient (Wildman–Crippen LogP) is -5.67. The third kappa shape index (κ3) is 26.6. The van der Waals surface area contributed by atoms with E-state index in [4.69, 9.17) is 5.73 Å². The highest BCUT2D eigenvalue weighted by Gasteiger charge is 2.39. The number of benzene rings is 4. The first-order valence-electron chi connectivity index (χ1n) is 33.2. The zero-order chi connectivity index (χ0) is 78.6. The van der Waals surface area contributed by atoms with Gasteiger partial charge >= 0.3 is 17.9 Å². The standard InChI is InChI=1S/C69H89N13O24/c1-33(2)22-45(59(95)73-47(25-38-16-20-41(89)21-17-38)60(96)74-46(24-36-10-6-5-7-11-36)61(97)79-52(31-84)66(102)82-57(35(4)87)68(104)80-53(32-85)69(105)106)72-62(98)48(26-39-29-71-44-13-9-8-12-42(39)44)75-63(99)49(27-54(90)91)77-67(103)56(34(3)86)81-64(100)50(28-55(92)93)76-65(101)51(30-83)78-58(94)43(70)23-37-14-18-40(88)19-15-37/h5-21,29,33-35,43,45-53,56-57,71,83-89H,22-28,30-32,70H2,1-4H3,(H,72,98)(H,73,95)(H,74,96)(H,75,99)(H,76,101)(H,77,103)(H,78,94)(H,79,97)(H,80,104)(H,81,100)(H,82,102)(H,90,91)(H,92,93)(H,105,106)/t34-,35-,43+,45+,46+,47+,48+,49+,50+,51+,52+,53+,56+,57+/m1/s1. The summed E-state index contributed by atoms with van der Waals surface area (Å²) in [6.07, 6.45) is -6.05. The number of H-pyrrole nitrogens is 1. The Hall–Kier alpha value is -11.6. The van der Waals surface area contributed by atoms with Crippen molar-refractivity contribution in [2.24, 2.45) is 11.7 Å². The van der Waals surface area contributed by atoms with Crippen molar-refractivity contribution in [1.82, 2.24) is 63.5 Å². The maximum atomic E-state index is 15.0. The molecule has 37 heteroatoms. The number of aromatic nitrogens is 1. The Labute approximate surface area is 605 Å². The van der Waals surface area contributed by atoms with E-state index in [2.05, 4.69) is 52.8 Å². The number of aliphatic hydroxyl groups is 5. The Morgan fingerprint density at radius 3 is 1.16 bits per heavy atom. The van der Waals surface area contributed by atoms with Crippen LogP contribution >= 0.6 is 0 Å². The van der Waals surface area contributed by atoms with Gasteiger partial charge in [0.05, 0.1) is 50.9 Å². The second-order valence-corrected chi connectivity index (χ2v) is 25.3. The van der Waals surface area contributed by atoms with Crippen molar-refractivity contribution in [1.29, 1.82) is 0 Å². The number of nitrogens with one attached hydrogen (secondary N) is 12. The summed E-state index contributed by atoms with van der Waals surface area (Å²) >= 11 is 0. The molecule has 5 rings (SSSR count). The number of carbonyl (C=O) groups is 14. The van der Waals surface area contributed by atoms with Crippen LogP contribution in [-0.2, 0) is 92.8 Å². The molecule has 11 amide bonds. The minimum atomic E-state index is -2.17. The van der Waals surface area contributed by atoms with Gasteiger partial charge in [-0.2, -0.15) is 0 Å². The minimum Gasteiger partial charge on any atom is -0.508 e. The highest BCUT2D eigenvalue weighted by Crippen LogP contribution is 2.21. The van der Waals surface area contributed by atoms with Crippen molar-refractivity contribution >= 4 is 93.8 Å². The molecule has 574 valence electrons. The van der Waals surface area contributed by atoms with E-state index in [0.717, 1.165) is 13.8 Å². The number of rotatable bonds is 42. The van der Waals surface area contributed by atoms with E-state index in [9.17, 15) is 118 Å². The number of carboxylic acids is 3. The van der Waals surface area contributed by atoms with Gasteiger partial charge in [-0.25, -0.2) is 4.79 Å². The molecule has 0 spiro atoms. The first-order chi connectivity index (χ1) is 50.1. The van der Waals surface area contributed by atoms with Gasteiger partial charge < -0.3 is 120 Å². The molecule has 0 aliphatic carbocycles. The van der Waals surface area contributed by atoms with E-state index in [0.29, 0.717) is 33.2 Å². The third-order valence-corrected chi connectivity index (χ3v) is 16.3. The molecule has 0 aliphatic rings. The van der Waals surface area contributed by atoms with E-state index in [1.54, 1.807) is 68.4 Å². The SMILES string of the molecule is CC(C)C[C@H](NC(=O)[C@H](Cc1c[nH]c2ccccc12)NC(=O)[C@H](CC(=O)O)NC(=O)[C@@H](NC(=O)[C@H](CC(=O)O)NC(=O)[C@H](CO)NC(=O)[C@@H](N)Cc1ccc(O)cc1)[C@@H](C)O)C(=O)N[C@@H](Cc1ccc(O)cc1)C(=O)N[C@@H](Cc1ccccc1)C(=O)N[C@@H](CO)C(=O)N[C@H](C(=O)N[C@@H](CO)C(=O)O)[C@@H](C)O. The number of carbonyl (C=O) groups excluding carboxylic acids is 11. The second-order valence-electron chi connectivity index (χ2n) is 25.3. The summed E-state index contributed by atoms with van der Waals surface area (Å²) in [5.41, 5.74) is 8.16. The number of aromatic amines is 1. The van der Waals surface area contributed by atoms with Crippen LogP contribution in [0.4, 0.5) is 0 Å². The Morgan fingerprint density at radius 2 is 0.717 bits per heavy atom. The molecular formula is C69H89N13O24. The molecule has 5 aromatic rings. The number of phenolic OH excluding ortho intramolecular Hbond substituents is 2. The van der Waals surface area contributed by atoms with E-state index in [-0.39, 0.29) is 37.2 Å². The molecule has 14 atom stereocenters. The smallest absolute Gasteiger partial charge is 0.328 e. The van der Waals surface area contributed by atoms with Crippen LogP contribution in [0.2, 0.25) is 0 Å². The molecule has 37 nitrogen and oxygen atoms in total. The number of aliphatic carboxylic acids is 3. The lowest BCUT2D eigenvalue weighted by atomic mass is 9.99.